The number of ketones is 3. The van der Waals surface area contributed by atoms with Crippen LogP contribution in [0.5, 0.6) is 0 Å². The molecule has 0 aromatic heterocycles. The van der Waals surface area contributed by atoms with Gasteiger partial charge in [-0.1, -0.05) is 27.7 Å². The van der Waals surface area contributed by atoms with Gasteiger partial charge in [0.15, 0.2) is 23.0 Å². The topological polar surface area (TPSA) is 112 Å². The number of aliphatic hydroxyl groups excluding tert-OH is 1. The van der Waals surface area contributed by atoms with Gasteiger partial charge in [-0.3, -0.25) is 14.4 Å². The van der Waals surface area contributed by atoms with Gasteiger partial charge in [0.05, 0.1) is 11.0 Å². The van der Waals surface area contributed by atoms with Gasteiger partial charge in [-0.2, -0.15) is 0 Å². The van der Waals surface area contributed by atoms with Gasteiger partial charge in [0.1, 0.15) is 11.3 Å². The summed E-state index contributed by atoms with van der Waals surface area (Å²) in [6.07, 6.45) is 0.0454. The molecular formula is C21H30O6. The lowest BCUT2D eigenvalue weighted by atomic mass is 9.66. The van der Waals surface area contributed by atoms with E-state index in [1.54, 1.807) is 13.8 Å². The predicted octanol–water partition coefficient (Wildman–Crippen LogP) is 2.12. The molecule has 3 rings (SSSR count). The first-order valence-electron chi connectivity index (χ1n) is 9.63. The molecule has 1 spiro atoms. The molecule has 27 heavy (non-hydrogen) atoms. The van der Waals surface area contributed by atoms with Crippen LogP contribution < -0.4 is 0 Å². The third-order valence-electron chi connectivity index (χ3n) is 7.29. The van der Waals surface area contributed by atoms with E-state index in [1.165, 1.54) is 0 Å². The summed E-state index contributed by atoms with van der Waals surface area (Å²) in [5.74, 6) is -3.55. The van der Waals surface area contributed by atoms with Crippen LogP contribution in [0.2, 0.25) is 0 Å². The predicted molar refractivity (Wildman–Crippen MR) is 97.8 cm³/mol. The zero-order valence-corrected chi connectivity index (χ0v) is 16.9. The highest BCUT2D eigenvalue weighted by molar-refractivity contribution is 6.28. The van der Waals surface area contributed by atoms with Crippen molar-refractivity contribution in [3.05, 3.63) is 11.3 Å². The smallest absolute Gasteiger partial charge is 0.193 e. The van der Waals surface area contributed by atoms with Crippen molar-refractivity contribution in [1.82, 2.24) is 0 Å². The Morgan fingerprint density at radius 2 is 1.81 bits per heavy atom. The van der Waals surface area contributed by atoms with Crippen molar-refractivity contribution in [1.29, 1.82) is 0 Å². The summed E-state index contributed by atoms with van der Waals surface area (Å²) in [6, 6.07) is 0. The zero-order valence-electron chi connectivity index (χ0n) is 16.9. The number of carbonyl (C=O) groups is 3. The van der Waals surface area contributed by atoms with E-state index >= 15 is 0 Å². The minimum atomic E-state index is -2.37. The molecule has 0 bridgehead atoms. The van der Waals surface area contributed by atoms with Crippen molar-refractivity contribution >= 4 is 17.3 Å². The number of Topliss-reactive ketones (excluding diaryl/α,β-unsaturated/α-hetero) is 3. The van der Waals surface area contributed by atoms with Gasteiger partial charge < -0.3 is 15.3 Å². The molecule has 2 fully saturated rings. The Morgan fingerprint density at radius 3 is 2.30 bits per heavy atom. The molecule has 0 radical (unpaired) electrons. The summed E-state index contributed by atoms with van der Waals surface area (Å²) in [7, 11) is 0. The highest BCUT2D eigenvalue weighted by Gasteiger charge is 2.81. The second-order valence-corrected chi connectivity index (χ2v) is 10.2. The molecule has 4 unspecified atom stereocenters. The molecule has 150 valence electrons. The van der Waals surface area contributed by atoms with E-state index in [0.717, 1.165) is 0 Å². The van der Waals surface area contributed by atoms with Crippen molar-refractivity contribution in [2.24, 2.45) is 28.6 Å². The molecule has 6 nitrogen and oxygen atoms in total. The molecule has 4 atom stereocenters. The Hall–Kier alpha value is -1.53. The monoisotopic (exact) mass is 378 g/mol. The Labute approximate surface area is 159 Å². The Morgan fingerprint density at radius 1 is 1.26 bits per heavy atom. The summed E-state index contributed by atoms with van der Waals surface area (Å²) in [6.45, 7) is 10.7. The molecule has 3 aliphatic rings. The Kier molecular flexibility index (Phi) is 4.12. The SMILES string of the molecule is CC(C)CC(=O)C1=C(O)C2(O)C(=O)CC3C(C)(C)C(C(C)(C)O)CC32C1=O. The van der Waals surface area contributed by atoms with E-state index in [4.69, 9.17) is 0 Å². The fourth-order valence-corrected chi connectivity index (χ4v) is 6.19. The third kappa shape index (κ3) is 2.23. The summed E-state index contributed by atoms with van der Waals surface area (Å²) in [5.41, 5.74) is -6.15. The van der Waals surface area contributed by atoms with Crippen LogP contribution in [0.25, 0.3) is 0 Å². The van der Waals surface area contributed by atoms with Crippen molar-refractivity contribution in [3.63, 3.8) is 0 Å². The number of hydrogen-bond acceptors (Lipinski definition) is 6. The maximum atomic E-state index is 13.5. The normalized spacial score (nSPS) is 38.0. The molecule has 0 aromatic carbocycles. The van der Waals surface area contributed by atoms with E-state index in [1.807, 2.05) is 27.7 Å². The standard InChI is InChI=1S/C21H30O6/c1-10(2)7-11(22)15-16(24)20-9-13(19(5,6)26)18(3,4)12(20)8-14(23)21(20,27)17(15)25/h10,12-13,25-27H,7-9H2,1-6H3. The molecule has 3 N–H and O–H groups in total. The van der Waals surface area contributed by atoms with E-state index < -0.39 is 56.6 Å². The van der Waals surface area contributed by atoms with Gasteiger partial charge in [0, 0.05) is 12.8 Å². The first-order chi connectivity index (χ1) is 12.1. The summed E-state index contributed by atoms with van der Waals surface area (Å²) in [5, 5.41) is 32.8. The molecule has 0 aromatic rings. The van der Waals surface area contributed by atoms with Gasteiger partial charge in [0.2, 0.25) is 0 Å². The van der Waals surface area contributed by atoms with Crippen LogP contribution in [0.3, 0.4) is 0 Å². The Bertz CT molecular complexity index is 768. The highest BCUT2D eigenvalue weighted by atomic mass is 16.4. The lowest BCUT2D eigenvalue weighted by Gasteiger charge is -2.39. The molecule has 0 amide bonds. The number of rotatable bonds is 4. The number of allylic oxidation sites excluding steroid dienone is 1. The third-order valence-corrected chi connectivity index (χ3v) is 7.29. The molecule has 3 aliphatic carbocycles. The maximum Gasteiger partial charge on any atom is 0.193 e. The minimum absolute atomic E-state index is 0.0335. The fourth-order valence-electron chi connectivity index (χ4n) is 6.19. The lowest BCUT2D eigenvalue weighted by molar-refractivity contribution is -0.149. The van der Waals surface area contributed by atoms with Crippen LogP contribution in [-0.2, 0) is 14.4 Å². The second kappa shape index (κ2) is 5.51. The largest absolute Gasteiger partial charge is 0.508 e. The van der Waals surface area contributed by atoms with Gasteiger partial charge in [0.25, 0.3) is 0 Å². The van der Waals surface area contributed by atoms with Crippen LogP contribution in [0.15, 0.2) is 11.3 Å². The first kappa shape index (κ1) is 20.2. The van der Waals surface area contributed by atoms with Crippen LogP contribution >= 0.6 is 0 Å². The van der Waals surface area contributed by atoms with Crippen LogP contribution in [0, 0.1) is 28.6 Å². The van der Waals surface area contributed by atoms with E-state index in [9.17, 15) is 29.7 Å². The van der Waals surface area contributed by atoms with E-state index in [0.29, 0.717) is 0 Å². The summed E-state index contributed by atoms with van der Waals surface area (Å²) >= 11 is 0. The quantitative estimate of drug-likeness (QED) is 0.646. The maximum absolute atomic E-state index is 13.5. The fraction of sp³-hybridized carbons (Fsp3) is 0.762. The minimum Gasteiger partial charge on any atom is -0.508 e. The summed E-state index contributed by atoms with van der Waals surface area (Å²) in [4.78, 5) is 39.0. The van der Waals surface area contributed by atoms with Crippen molar-refractivity contribution in [2.75, 3.05) is 0 Å². The van der Waals surface area contributed by atoms with Gasteiger partial charge in [-0.05, 0) is 43.4 Å². The number of carbonyl (C=O) groups excluding carboxylic acids is 3. The average Bonchev–Trinajstić information content (AvgIpc) is 2.94. The van der Waals surface area contributed by atoms with Gasteiger partial charge >= 0.3 is 0 Å². The first-order valence-corrected chi connectivity index (χ1v) is 9.63. The molecule has 0 aliphatic heterocycles. The Balaban J connectivity index is 2.20. The van der Waals surface area contributed by atoms with Crippen LogP contribution in [0.1, 0.15) is 60.8 Å². The molecular weight excluding hydrogens is 348 g/mol. The van der Waals surface area contributed by atoms with Crippen molar-refractivity contribution in [3.8, 4) is 0 Å². The zero-order chi connectivity index (χ0) is 20.7. The van der Waals surface area contributed by atoms with Gasteiger partial charge in [-0.15, -0.1) is 0 Å². The number of aliphatic hydroxyl groups is 3. The van der Waals surface area contributed by atoms with Crippen LogP contribution in [-0.4, -0.2) is 43.9 Å². The second-order valence-electron chi connectivity index (χ2n) is 10.2. The molecule has 2 saturated carbocycles. The van der Waals surface area contributed by atoms with Crippen molar-refractivity contribution < 1.29 is 29.7 Å². The van der Waals surface area contributed by atoms with Gasteiger partial charge in [-0.25, -0.2) is 0 Å². The number of hydrogen-bond donors (Lipinski definition) is 3. The van der Waals surface area contributed by atoms with Crippen LogP contribution in [0.4, 0.5) is 0 Å². The molecule has 0 saturated heterocycles. The van der Waals surface area contributed by atoms with Crippen molar-refractivity contribution in [2.45, 2.75) is 72.0 Å². The summed E-state index contributed by atoms with van der Waals surface area (Å²) < 4.78 is 0. The molecule has 0 heterocycles. The van der Waals surface area contributed by atoms with E-state index in [-0.39, 0.29) is 31.1 Å². The molecule has 6 heteroatoms. The highest BCUT2D eigenvalue weighted by Crippen LogP contribution is 2.72. The lowest BCUT2D eigenvalue weighted by Crippen LogP contribution is -2.51. The average molecular weight is 378 g/mol. The van der Waals surface area contributed by atoms with E-state index in [2.05, 4.69) is 0 Å².